The Morgan fingerprint density at radius 3 is 1.85 bits per heavy atom. The van der Waals surface area contributed by atoms with Crippen molar-refractivity contribution in [2.24, 2.45) is 15.6 Å². The van der Waals surface area contributed by atoms with Crippen molar-refractivity contribution in [1.29, 1.82) is 0 Å². The molecule has 0 saturated carbocycles. The van der Waals surface area contributed by atoms with Gasteiger partial charge < -0.3 is 4.74 Å². The fraction of sp³-hybridized carbons (Fsp3) is 1.00. The van der Waals surface area contributed by atoms with E-state index in [1.807, 2.05) is 0 Å². The molecular weight excluding hydrogens is 199 g/mol. The molecule has 0 aromatic carbocycles. The van der Waals surface area contributed by atoms with Gasteiger partial charge in [0.15, 0.2) is 0 Å². The van der Waals surface area contributed by atoms with Crippen LogP contribution >= 0.6 is 0 Å². The van der Waals surface area contributed by atoms with E-state index >= 15 is 0 Å². The van der Waals surface area contributed by atoms with Gasteiger partial charge in [0.1, 0.15) is 0 Å². The summed E-state index contributed by atoms with van der Waals surface area (Å²) in [5, 5.41) is 6.87. The Bertz CT molecular complexity index is 230. The van der Waals surface area contributed by atoms with E-state index in [4.69, 9.17) is 15.8 Å². The Kier molecular flexibility index (Phi) is 6.75. The summed E-state index contributed by atoms with van der Waals surface area (Å²) >= 11 is 0. The topological polar surface area (TPSA) is 107 Å². The molecule has 8 heteroatoms. The van der Waals surface area contributed by atoms with Crippen molar-refractivity contribution in [2.45, 2.75) is 0 Å². The molecule has 0 unspecified atom stereocenters. The summed E-state index contributed by atoms with van der Waals surface area (Å²) in [5.41, 5.74) is 15.9. The summed E-state index contributed by atoms with van der Waals surface area (Å²) in [7, 11) is 0. The first-order valence-electron chi connectivity index (χ1n) is 3.42. The second-order valence-electron chi connectivity index (χ2n) is 2.77. The molecule has 0 bridgehead atoms. The van der Waals surface area contributed by atoms with Crippen molar-refractivity contribution < 1.29 is 4.74 Å². The zero-order valence-electron chi connectivity index (χ0n) is 7.42. The molecule has 1 fully saturated rings. The van der Waals surface area contributed by atoms with Crippen LogP contribution in [-0.4, -0.2) is 77.7 Å². The molecule has 1 saturated heterocycles. The summed E-state index contributed by atoms with van der Waals surface area (Å²) in [6.07, 6.45) is 0. The van der Waals surface area contributed by atoms with Crippen molar-refractivity contribution in [3.63, 3.8) is 0 Å². The Labute approximate surface area is 117 Å². The molecule has 0 amide bonds. The molecule has 13 heavy (non-hydrogen) atoms. The van der Waals surface area contributed by atoms with Gasteiger partial charge in [-0.15, -0.1) is 0 Å². The fourth-order valence-electron chi connectivity index (χ4n) is 0.987. The van der Waals surface area contributed by atoms with Crippen LogP contribution in [-0.2, 0) is 4.74 Å². The van der Waals surface area contributed by atoms with E-state index in [2.05, 4.69) is 20.1 Å². The Balaban J connectivity index is 0.00000144. The molecule has 0 aliphatic carbocycles. The number of ether oxygens (including phenoxy) is 1. The van der Waals surface area contributed by atoms with E-state index in [0.717, 1.165) is 0 Å². The predicted molar refractivity (Wildman–Crippen MR) is 47.0 cm³/mol. The molecule has 0 N–H and O–H groups in total. The normalized spacial score (nSPS) is 16.9. The molecule has 1 rings (SSSR count). The predicted octanol–water partition coefficient (Wildman–Crippen LogP) is 1.24. The second-order valence-corrected chi connectivity index (χ2v) is 2.77. The van der Waals surface area contributed by atoms with Gasteiger partial charge >= 0.3 is 0 Å². The van der Waals surface area contributed by atoms with Crippen molar-refractivity contribution in [1.82, 2.24) is 0 Å². The smallest absolute Gasteiger partial charge is 0.0547 e. The van der Waals surface area contributed by atoms with Crippen LogP contribution in [0.15, 0.2) is 10.2 Å². The van der Waals surface area contributed by atoms with E-state index in [1.54, 1.807) is 0 Å². The molecule has 0 aromatic heterocycles. The van der Waals surface area contributed by atoms with Gasteiger partial charge in [0, 0.05) is 79.7 Å². The minimum atomic E-state index is -0.238. The average Bonchev–Trinajstić information content (AvgIpc) is 2.02. The van der Waals surface area contributed by atoms with Crippen LogP contribution in [0.25, 0.3) is 20.9 Å². The summed E-state index contributed by atoms with van der Waals surface area (Å²) < 4.78 is 4.97. The SMILES string of the molecule is [K].[N-]=[N+]=NCC1(CN=[N+]=[N-])COC1. The molecule has 0 spiro atoms. The second kappa shape index (κ2) is 6.64. The zero-order chi connectivity index (χ0) is 8.86. The molecule has 1 heterocycles. The first-order valence-corrected chi connectivity index (χ1v) is 3.42. The van der Waals surface area contributed by atoms with Crippen molar-refractivity contribution in [3.8, 4) is 0 Å². The number of rotatable bonds is 4. The first kappa shape index (κ1) is 13.2. The summed E-state index contributed by atoms with van der Waals surface area (Å²) in [4.78, 5) is 5.29. The molecule has 7 nitrogen and oxygen atoms in total. The summed E-state index contributed by atoms with van der Waals surface area (Å²) in [6.45, 7) is 1.68. The maximum absolute atomic E-state index is 8.09. The van der Waals surface area contributed by atoms with E-state index in [9.17, 15) is 0 Å². The van der Waals surface area contributed by atoms with Crippen LogP contribution in [0, 0.1) is 5.41 Å². The van der Waals surface area contributed by atoms with Crippen LogP contribution in [0.2, 0.25) is 0 Å². The monoisotopic (exact) mass is 207 g/mol. The fourth-order valence-corrected chi connectivity index (χ4v) is 0.987. The van der Waals surface area contributed by atoms with Crippen LogP contribution < -0.4 is 0 Å². The Morgan fingerprint density at radius 2 is 1.62 bits per heavy atom. The first-order chi connectivity index (χ1) is 5.83. The number of hydrogen-bond donors (Lipinski definition) is 0. The van der Waals surface area contributed by atoms with Crippen LogP contribution in [0.5, 0.6) is 0 Å². The van der Waals surface area contributed by atoms with Crippen molar-refractivity contribution in [2.75, 3.05) is 26.3 Å². The van der Waals surface area contributed by atoms with Crippen LogP contribution in [0.3, 0.4) is 0 Å². The Hall–Kier alpha value is 0.216. The van der Waals surface area contributed by atoms with Crippen molar-refractivity contribution in [3.05, 3.63) is 20.9 Å². The molecule has 0 atom stereocenters. The standard InChI is InChI=1S/C5H8N6O.K/c6-10-8-1-5(2-9-11-7)3-12-4-5;/h1-4H2;. The van der Waals surface area contributed by atoms with Gasteiger partial charge in [0.05, 0.1) is 13.2 Å². The van der Waals surface area contributed by atoms with Gasteiger partial charge in [-0.05, 0) is 11.1 Å². The van der Waals surface area contributed by atoms with Gasteiger partial charge in [0.2, 0.25) is 0 Å². The van der Waals surface area contributed by atoms with Crippen LogP contribution in [0.1, 0.15) is 0 Å². The third kappa shape index (κ3) is 3.84. The van der Waals surface area contributed by atoms with Crippen LogP contribution in [0.4, 0.5) is 0 Å². The number of azide groups is 2. The quantitative estimate of drug-likeness (QED) is 0.294. The number of nitrogens with zero attached hydrogens (tertiary/aromatic N) is 6. The third-order valence-electron chi connectivity index (χ3n) is 1.76. The molecule has 1 aliphatic rings. The van der Waals surface area contributed by atoms with E-state index < -0.39 is 0 Å². The maximum Gasteiger partial charge on any atom is 0.0547 e. The van der Waals surface area contributed by atoms with E-state index in [0.29, 0.717) is 26.3 Å². The number of hydrogen-bond acceptors (Lipinski definition) is 3. The molecule has 0 aromatic rings. The zero-order valence-corrected chi connectivity index (χ0v) is 10.5. The minimum Gasteiger partial charge on any atom is -0.380 e. The van der Waals surface area contributed by atoms with Crippen molar-refractivity contribution >= 4 is 51.4 Å². The molecular formula is C5H8KN6O. The average molecular weight is 207 g/mol. The van der Waals surface area contributed by atoms with Gasteiger partial charge in [-0.25, -0.2) is 0 Å². The third-order valence-corrected chi connectivity index (χ3v) is 1.76. The van der Waals surface area contributed by atoms with Gasteiger partial charge in [-0.2, -0.15) is 0 Å². The minimum absolute atomic E-state index is 0. The molecule has 1 aliphatic heterocycles. The van der Waals surface area contributed by atoms with Gasteiger partial charge in [-0.3, -0.25) is 0 Å². The Morgan fingerprint density at radius 1 is 1.15 bits per heavy atom. The van der Waals surface area contributed by atoms with Gasteiger partial charge in [-0.1, -0.05) is 10.2 Å². The molecule has 1 radical (unpaired) electrons. The summed E-state index contributed by atoms with van der Waals surface area (Å²) in [6, 6.07) is 0. The van der Waals surface area contributed by atoms with E-state index in [-0.39, 0.29) is 56.8 Å². The molecule has 65 valence electrons. The van der Waals surface area contributed by atoms with E-state index in [1.165, 1.54) is 0 Å². The van der Waals surface area contributed by atoms with Gasteiger partial charge in [0.25, 0.3) is 0 Å². The summed E-state index contributed by atoms with van der Waals surface area (Å²) in [5.74, 6) is 0. The maximum atomic E-state index is 8.09. The largest absolute Gasteiger partial charge is 0.380 e.